The van der Waals surface area contributed by atoms with E-state index in [1.807, 2.05) is 0 Å². The van der Waals surface area contributed by atoms with E-state index in [1.54, 1.807) is 0 Å². The standard InChI is InChI=1S/C11H10FNO5/c12-9-6-8(11(15)16)10(13(17)18)5-7(9)3-1-2-4-14/h1,3,5-6,14H,2,4H2,(H,15,16). The highest BCUT2D eigenvalue weighted by molar-refractivity contribution is 5.92. The molecule has 0 unspecified atom stereocenters. The van der Waals surface area contributed by atoms with E-state index < -0.39 is 28.0 Å². The molecule has 0 aliphatic rings. The first-order valence-corrected chi connectivity index (χ1v) is 4.96. The summed E-state index contributed by atoms with van der Waals surface area (Å²) >= 11 is 0. The minimum absolute atomic E-state index is 0.0971. The molecule has 0 atom stereocenters. The number of hydrogen-bond donors (Lipinski definition) is 2. The van der Waals surface area contributed by atoms with Crippen LogP contribution in [0.4, 0.5) is 10.1 Å². The van der Waals surface area contributed by atoms with Crippen molar-refractivity contribution < 1.29 is 24.3 Å². The van der Waals surface area contributed by atoms with E-state index in [0.717, 1.165) is 6.07 Å². The van der Waals surface area contributed by atoms with Crippen molar-refractivity contribution >= 4 is 17.7 Å². The highest BCUT2D eigenvalue weighted by atomic mass is 19.1. The summed E-state index contributed by atoms with van der Waals surface area (Å²) in [4.78, 5) is 20.5. The number of nitrogens with zero attached hydrogens (tertiary/aromatic N) is 1. The predicted octanol–water partition coefficient (Wildman–Crippen LogP) is 1.83. The molecule has 0 saturated carbocycles. The predicted molar refractivity (Wildman–Crippen MR) is 60.8 cm³/mol. The van der Waals surface area contributed by atoms with Gasteiger partial charge in [-0.2, -0.15) is 0 Å². The Morgan fingerprint density at radius 2 is 2.17 bits per heavy atom. The zero-order valence-corrected chi connectivity index (χ0v) is 9.17. The van der Waals surface area contributed by atoms with Gasteiger partial charge in [0, 0.05) is 18.2 Å². The fraction of sp³-hybridized carbons (Fsp3) is 0.182. The second-order valence-corrected chi connectivity index (χ2v) is 3.37. The third-order valence-electron chi connectivity index (χ3n) is 2.14. The summed E-state index contributed by atoms with van der Waals surface area (Å²) in [6.45, 7) is -0.132. The van der Waals surface area contributed by atoms with Gasteiger partial charge in [0.05, 0.1) is 4.92 Å². The van der Waals surface area contributed by atoms with Crippen LogP contribution >= 0.6 is 0 Å². The molecule has 0 spiro atoms. The molecule has 0 heterocycles. The minimum Gasteiger partial charge on any atom is -0.477 e. The Balaban J connectivity index is 3.27. The lowest BCUT2D eigenvalue weighted by molar-refractivity contribution is -0.385. The van der Waals surface area contributed by atoms with Gasteiger partial charge >= 0.3 is 5.97 Å². The number of aliphatic hydroxyl groups excluding tert-OH is 1. The van der Waals surface area contributed by atoms with Crippen molar-refractivity contribution in [3.05, 3.63) is 45.3 Å². The van der Waals surface area contributed by atoms with Crippen LogP contribution in [0.15, 0.2) is 18.2 Å². The Bertz CT molecular complexity index is 512. The molecule has 0 aromatic heterocycles. The van der Waals surface area contributed by atoms with Gasteiger partial charge in [-0.3, -0.25) is 10.1 Å². The summed E-state index contributed by atoms with van der Waals surface area (Å²) in [5.74, 6) is -2.43. The van der Waals surface area contributed by atoms with Gasteiger partial charge in [0.25, 0.3) is 5.69 Å². The molecule has 0 aliphatic heterocycles. The van der Waals surface area contributed by atoms with Gasteiger partial charge in [-0.15, -0.1) is 0 Å². The number of halogens is 1. The number of benzene rings is 1. The summed E-state index contributed by atoms with van der Waals surface area (Å²) < 4.78 is 13.5. The molecule has 7 heteroatoms. The van der Waals surface area contributed by atoms with Crippen molar-refractivity contribution in [2.45, 2.75) is 6.42 Å². The van der Waals surface area contributed by atoms with Crippen LogP contribution in [0, 0.1) is 15.9 Å². The van der Waals surface area contributed by atoms with Crippen molar-refractivity contribution in [3.8, 4) is 0 Å². The molecule has 1 rings (SSSR count). The van der Waals surface area contributed by atoms with Crippen LogP contribution in [0.3, 0.4) is 0 Å². The third-order valence-corrected chi connectivity index (χ3v) is 2.14. The Kier molecular flexibility index (Phi) is 4.50. The van der Waals surface area contributed by atoms with Crippen LogP contribution in [0.5, 0.6) is 0 Å². The third kappa shape index (κ3) is 3.11. The zero-order valence-electron chi connectivity index (χ0n) is 9.17. The number of rotatable bonds is 5. The van der Waals surface area contributed by atoms with Crippen molar-refractivity contribution in [3.63, 3.8) is 0 Å². The Morgan fingerprint density at radius 1 is 1.50 bits per heavy atom. The zero-order chi connectivity index (χ0) is 13.7. The van der Waals surface area contributed by atoms with Gasteiger partial charge in [0.15, 0.2) is 0 Å². The van der Waals surface area contributed by atoms with Gasteiger partial charge in [0.2, 0.25) is 0 Å². The largest absolute Gasteiger partial charge is 0.477 e. The maximum atomic E-state index is 13.5. The van der Waals surface area contributed by atoms with Crippen molar-refractivity contribution in [2.75, 3.05) is 6.61 Å². The summed E-state index contributed by atoms with van der Waals surface area (Å²) in [5, 5.41) is 27.9. The average molecular weight is 255 g/mol. The normalized spacial score (nSPS) is 10.8. The van der Waals surface area contributed by atoms with E-state index in [-0.39, 0.29) is 18.6 Å². The van der Waals surface area contributed by atoms with Crippen LogP contribution in [-0.2, 0) is 0 Å². The first-order valence-electron chi connectivity index (χ1n) is 4.96. The molecule has 0 radical (unpaired) electrons. The summed E-state index contributed by atoms with van der Waals surface area (Å²) in [6.07, 6.45) is 2.96. The number of aliphatic hydroxyl groups is 1. The first-order chi connectivity index (χ1) is 8.47. The van der Waals surface area contributed by atoms with E-state index in [9.17, 15) is 19.3 Å². The second-order valence-electron chi connectivity index (χ2n) is 3.37. The van der Waals surface area contributed by atoms with E-state index in [0.29, 0.717) is 6.07 Å². The van der Waals surface area contributed by atoms with Gasteiger partial charge in [-0.05, 0) is 12.5 Å². The van der Waals surface area contributed by atoms with Gasteiger partial charge < -0.3 is 10.2 Å². The van der Waals surface area contributed by atoms with Gasteiger partial charge in [-0.25, -0.2) is 9.18 Å². The average Bonchev–Trinajstić information content (AvgIpc) is 2.30. The van der Waals surface area contributed by atoms with Crippen molar-refractivity contribution in [2.24, 2.45) is 0 Å². The molecular formula is C11H10FNO5. The quantitative estimate of drug-likeness (QED) is 0.617. The molecule has 2 N–H and O–H groups in total. The molecule has 6 nitrogen and oxygen atoms in total. The molecule has 1 aromatic carbocycles. The number of carboxylic acids is 1. The van der Waals surface area contributed by atoms with E-state index in [2.05, 4.69) is 0 Å². The Labute approximate surface area is 101 Å². The molecule has 0 saturated heterocycles. The highest BCUT2D eigenvalue weighted by Crippen LogP contribution is 2.24. The van der Waals surface area contributed by atoms with Crippen LogP contribution in [0.25, 0.3) is 6.08 Å². The lowest BCUT2D eigenvalue weighted by Crippen LogP contribution is -2.04. The summed E-state index contributed by atoms with van der Waals surface area (Å²) in [7, 11) is 0. The summed E-state index contributed by atoms with van der Waals surface area (Å²) in [6, 6.07) is 1.46. The fourth-order valence-corrected chi connectivity index (χ4v) is 1.31. The van der Waals surface area contributed by atoms with E-state index >= 15 is 0 Å². The van der Waals surface area contributed by atoms with E-state index in [4.69, 9.17) is 10.2 Å². The van der Waals surface area contributed by atoms with E-state index in [1.165, 1.54) is 12.2 Å². The second kappa shape index (κ2) is 5.87. The molecule has 96 valence electrons. The highest BCUT2D eigenvalue weighted by Gasteiger charge is 2.22. The lowest BCUT2D eigenvalue weighted by atomic mass is 10.1. The molecular weight excluding hydrogens is 245 g/mol. The number of nitro groups is 1. The topological polar surface area (TPSA) is 101 Å². The summed E-state index contributed by atoms with van der Waals surface area (Å²) in [5.41, 5.74) is -1.47. The van der Waals surface area contributed by atoms with Crippen LogP contribution in [0.1, 0.15) is 22.3 Å². The minimum atomic E-state index is -1.56. The molecule has 0 bridgehead atoms. The fourth-order valence-electron chi connectivity index (χ4n) is 1.31. The van der Waals surface area contributed by atoms with Gasteiger partial charge in [0.1, 0.15) is 11.4 Å². The van der Waals surface area contributed by atoms with Crippen LogP contribution < -0.4 is 0 Å². The molecule has 18 heavy (non-hydrogen) atoms. The molecule has 0 fully saturated rings. The lowest BCUT2D eigenvalue weighted by Gasteiger charge is -2.01. The number of carbonyl (C=O) groups is 1. The van der Waals surface area contributed by atoms with Crippen molar-refractivity contribution in [1.82, 2.24) is 0 Å². The SMILES string of the molecule is O=C(O)c1cc(F)c(C=CCCO)cc1[N+](=O)[O-]. The maximum Gasteiger partial charge on any atom is 0.342 e. The number of hydrogen-bond acceptors (Lipinski definition) is 4. The molecule has 0 amide bonds. The first kappa shape index (κ1) is 13.8. The monoisotopic (exact) mass is 255 g/mol. The molecule has 0 aliphatic carbocycles. The van der Waals surface area contributed by atoms with Gasteiger partial charge in [-0.1, -0.05) is 12.2 Å². The number of carboxylic acid groups (broad SMARTS) is 1. The van der Waals surface area contributed by atoms with Crippen LogP contribution in [-0.4, -0.2) is 27.7 Å². The number of aromatic carboxylic acids is 1. The molecule has 1 aromatic rings. The van der Waals surface area contributed by atoms with Crippen molar-refractivity contribution in [1.29, 1.82) is 0 Å². The van der Waals surface area contributed by atoms with Crippen LogP contribution in [0.2, 0.25) is 0 Å². The number of nitro benzene ring substituents is 1. The smallest absolute Gasteiger partial charge is 0.342 e. The Morgan fingerprint density at radius 3 is 2.67 bits per heavy atom. The Hall–Kier alpha value is -2.28. The maximum absolute atomic E-state index is 13.5.